The minimum absolute atomic E-state index is 0.0836. The summed E-state index contributed by atoms with van der Waals surface area (Å²) in [4.78, 5) is 24.7. The van der Waals surface area contributed by atoms with E-state index in [-0.39, 0.29) is 11.4 Å². The van der Waals surface area contributed by atoms with Gasteiger partial charge >= 0.3 is 12.6 Å². The monoisotopic (exact) mass is 375 g/mol. The summed E-state index contributed by atoms with van der Waals surface area (Å²) in [6.07, 6.45) is 2.25. The first-order valence-corrected chi connectivity index (χ1v) is 8.58. The molecule has 0 saturated heterocycles. The Balaban J connectivity index is 1.60. The molecule has 2 aromatic carbocycles. The molecule has 0 heterocycles. The highest BCUT2D eigenvalue weighted by Gasteiger charge is 2.47. The van der Waals surface area contributed by atoms with Gasteiger partial charge in [-0.15, -0.1) is 0 Å². The van der Waals surface area contributed by atoms with Crippen molar-refractivity contribution in [1.82, 2.24) is 0 Å². The molecule has 0 aliphatic heterocycles. The number of para-hydroxylation sites is 2. The van der Waals surface area contributed by atoms with Crippen molar-refractivity contribution >= 4 is 17.6 Å². The van der Waals surface area contributed by atoms with Gasteiger partial charge < -0.3 is 14.8 Å². The van der Waals surface area contributed by atoms with Crippen LogP contribution >= 0.6 is 0 Å². The van der Waals surface area contributed by atoms with Crippen molar-refractivity contribution in [2.45, 2.75) is 31.3 Å². The van der Waals surface area contributed by atoms with Gasteiger partial charge in [-0.2, -0.15) is 8.78 Å². The Labute approximate surface area is 155 Å². The summed E-state index contributed by atoms with van der Waals surface area (Å²) in [5, 5.41) is 2.42. The van der Waals surface area contributed by atoms with Gasteiger partial charge in [0.05, 0.1) is 11.1 Å². The Morgan fingerprint density at radius 1 is 1.04 bits per heavy atom. The Morgan fingerprint density at radius 3 is 2.33 bits per heavy atom. The van der Waals surface area contributed by atoms with E-state index < -0.39 is 30.5 Å². The van der Waals surface area contributed by atoms with E-state index in [2.05, 4.69) is 10.1 Å². The highest BCUT2D eigenvalue weighted by Crippen LogP contribution is 2.44. The number of nitrogens with one attached hydrogen (secondary N) is 1. The Hall–Kier alpha value is -2.96. The van der Waals surface area contributed by atoms with Crippen LogP contribution in [0.15, 0.2) is 54.6 Å². The number of amides is 1. The van der Waals surface area contributed by atoms with Crippen molar-refractivity contribution in [2.75, 3.05) is 11.9 Å². The fourth-order valence-corrected chi connectivity index (χ4v) is 3.12. The lowest BCUT2D eigenvalue weighted by atomic mass is 9.64. The molecule has 1 N–H and O–H groups in total. The lowest BCUT2D eigenvalue weighted by Crippen LogP contribution is -2.44. The molecular formula is C20H19F2NO4. The first-order chi connectivity index (χ1) is 13.0. The molecule has 0 spiro atoms. The maximum Gasteiger partial charge on any atom is 0.387 e. The molecule has 0 atom stereocenters. The second kappa shape index (κ2) is 8.16. The van der Waals surface area contributed by atoms with Gasteiger partial charge in [-0.25, -0.2) is 0 Å². The fourth-order valence-electron chi connectivity index (χ4n) is 3.12. The molecule has 1 amide bonds. The van der Waals surface area contributed by atoms with Crippen LogP contribution in [0.2, 0.25) is 0 Å². The quantitative estimate of drug-likeness (QED) is 0.746. The number of carbonyl (C=O) groups excluding carboxylic acids is 2. The molecule has 2 aromatic rings. The highest BCUT2D eigenvalue weighted by atomic mass is 19.3. The SMILES string of the molecule is O=C(COC(=O)C1(c2ccccc2)CCC1)Nc1ccccc1OC(F)F. The van der Waals surface area contributed by atoms with Gasteiger partial charge in [-0.05, 0) is 30.5 Å². The van der Waals surface area contributed by atoms with E-state index in [1.807, 2.05) is 30.3 Å². The van der Waals surface area contributed by atoms with Crippen LogP contribution in [0.5, 0.6) is 5.75 Å². The molecule has 0 aromatic heterocycles. The van der Waals surface area contributed by atoms with Crippen molar-refractivity contribution in [3.8, 4) is 5.75 Å². The van der Waals surface area contributed by atoms with Gasteiger partial charge in [0.1, 0.15) is 5.75 Å². The molecule has 7 heteroatoms. The molecule has 3 rings (SSSR count). The van der Waals surface area contributed by atoms with Crippen molar-refractivity contribution in [3.05, 3.63) is 60.2 Å². The van der Waals surface area contributed by atoms with Gasteiger partial charge in [0.2, 0.25) is 0 Å². The minimum atomic E-state index is -3.01. The van der Waals surface area contributed by atoms with Crippen LogP contribution in [0, 0.1) is 0 Å². The summed E-state index contributed by atoms with van der Waals surface area (Å²) in [5.41, 5.74) is 0.246. The molecule has 1 aliphatic carbocycles. The number of ether oxygens (including phenoxy) is 2. The van der Waals surface area contributed by atoms with Crippen molar-refractivity contribution in [1.29, 1.82) is 0 Å². The lowest BCUT2D eigenvalue weighted by molar-refractivity contribution is -0.156. The molecule has 142 valence electrons. The van der Waals surface area contributed by atoms with Crippen LogP contribution in [0.1, 0.15) is 24.8 Å². The predicted octanol–water partition coefficient (Wildman–Crippen LogP) is 3.89. The third-order valence-corrected chi connectivity index (χ3v) is 4.64. The number of anilines is 1. The van der Waals surface area contributed by atoms with Crippen LogP contribution in [-0.2, 0) is 19.7 Å². The van der Waals surface area contributed by atoms with Crippen LogP contribution < -0.4 is 10.1 Å². The third-order valence-electron chi connectivity index (χ3n) is 4.64. The maximum atomic E-state index is 12.6. The predicted molar refractivity (Wildman–Crippen MR) is 94.6 cm³/mol. The number of rotatable bonds is 7. The third kappa shape index (κ3) is 4.24. The average molecular weight is 375 g/mol. The molecule has 0 radical (unpaired) electrons. The van der Waals surface area contributed by atoms with E-state index in [0.29, 0.717) is 12.8 Å². The molecular weight excluding hydrogens is 356 g/mol. The van der Waals surface area contributed by atoms with E-state index in [1.165, 1.54) is 18.2 Å². The van der Waals surface area contributed by atoms with E-state index in [0.717, 1.165) is 12.0 Å². The Morgan fingerprint density at radius 2 is 1.70 bits per heavy atom. The summed E-state index contributed by atoms with van der Waals surface area (Å²) in [5.74, 6) is -1.24. The molecule has 27 heavy (non-hydrogen) atoms. The zero-order valence-electron chi connectivity index (χ0n) is 14.5. The summed E-state index contributed by atoms with van der Waals surface area (Å²) in [6.45, 7) is -3.51. The Bertz CT molecular complexity index is 807. The summed E-state index contributed by atoms with van der Waals surface area (Å²) >= 11 is 0. The fraction of sp³-hybridized carbons (Fsp3) is 0.300. The highest BCUT2D eigenvalue weighted by molar-refractivity contribution is 5.95. The number of hydrogen-bond acceptors (Lipinski definition) is 4. The standard InChI is InChI=1S/C20H19F2NO4/c21-19(22)27-16-10-5-4-9-15(16)23-17(24)13-26-18(25)20(11-6-12-20)14-7-2-1-3-8-14/h1-5,7-10,19H,6,11-13H2,(H,23,24). The largest absolute Gasteiger partial charge is 0.455 e. The van der Waals surface area contributed by atoms with Gasteiger partial charge in [-0.3, -0.25) is 9.59 Å². The average Bonchev–Trinajstić information content (AvgIpc) is 2.61. The van der Waals surface area contributed by atoms with Crippen molar-refractivity contribution in [3.63, 3.8) is 0 Å². The van der Waals surface area contributed by atoms with Crippen molar-refractivity contribution < 1.29 is 27.8 Å². The molecule has 5 nitrogen and oxygen atoms in total. The van der Waals surface area contributed by atoms with Crippen LogP contribution in [0.4, 0.5) is 14.5 Å². The van der Waals surface area contributed by atoms with Crippen LogP contribution in [-0.4, -0.2) is 25.1 Å². The van der Waals surface area contributed by atoms with Gasteiger partial charge in [-0.1, -0.05) is 48.9 Å². The lowest BCUT2D eigenvalue weighted by Gasteiger charge is -2.39. The maximum absolute atomic E-state index is 12.6. The molecule has 1 aliphatic rings. The van der Waals surface area contributed by atoms with E-state index in [4.69, 9.17) is 4.74 Å². The number of esters is 1. The van der Waals surface area contributed by atoms with E-state index in [9.17, 15) is 18.4 Å². The van der Waals surface area contributed by atoms with Crippen LogP contribution in [0.25, 0.3) is 0 Å². The second-order valence-electron chi connectivity index (χ2n) is 6.30. The molecule has 0 bridgehead atoms. The number of benzene rings is 2. The first-order valence-electron chi connectivity index (χ1n) is 8.58. The zero-order valence-corrected chi connectivity index (χ0v) is 14.5. The molecule has 1 fully saturated rings. The van der Waals surface area contributed by atoms with Gasteiger partial charge in [0.15, 0.2) is 6.61 Å². The number of halogens is 2. The zero-order chi connectivity index (χ0) is 19.3. The minimum Gasteiger partial charge on any atom is -0.455 e. The Kier molecular flexibility index (Phi) is 5.69. The first kappa shape index (κ1) is 18.8. The van der Waals surface area contributed by atoms with E-state index >= 15 is 0 Å². The summed E-state index contributed by atoms with van der Waals surface area (Å²) in [7, 11) is 0. The molecule has 1 saturated carbocycles. The van der Waals surface area contributed by atoms with Crippen LogP contribution in [0.3, 0.4) is 0 Å². The number of hydrogen-bond donors (Lipinski definition) is 1. The molecule has 0 unspecified atom stereocenters. The van der Waals surface area contributed by atoms with E-state index in [1.54, 1.807) is 6.07 Å². The summed E-state index contributed by atoms with van der Waals surface area (Å²) in [6, 6.07) is 15.1. The smallest absolute Gasteiger partial charge is 0.387 e. The number of carbonyl (C=O) groups is 2. The topological polar surface area (TPSA) is 64.6 Å². The summed E-state index contributed by atoms with van der Waals surface area (Å²) < 4.78 is 34.4. The second-order valence-corrected chi connectivity index (χ2v) is 6.30. The van der Waals surface area contributed by atoms with Gasteiger partial charge in [0.25, 0.3) is 5.91 Å². The number of alkyl halides is 2. The van der Waals surface area contributed by atoms with Crippen molar-refractivity contribution in [2.24, 2.45) is 0 Å². The van der Waals surface area contributed by atoms with Gasteiger partial charge in [0, 0.05) is 0 Å². The normalized spacial score (nSPS) is 14.9.